The maximum Gasteiger partial charge on any atom is 0.338 e. The van der Waals surface area contributed by atoms with E-state index in [0.717, 1.165) is 11.3 Å². The zero-order valence-electron chi connectivity index (χ0n) is 14.4. The van der Waals surface area contributed by atoms with Gasteiger partial charge in [0.1, 0.15) is 18.2 Å². The lowest BCUT2D eigenvalue weighted by atomic mass is 10.1. The van der Waals surface area contributed by atoms with E-state index < -0.39 is 24.2 Å². The van der Waals surface area contributed by atoms with Crippen molar-refractivity contribution in [2.75, 3.05) is 6.61 Å². The smallest absolute Gasteiger partial charge is 0.338 e. The van der Waals surface area contributed by atoms with Gasteiger partial charge in [-0.1, -0.05) is 30.3 Å². The lowest BCUT2D eigenvalue weighted by Gasteiger charge is -2.07. The van der Waals surface area contributed by atoms with Crippen LogP contribution in [0.2, 0.25) is 0 Å². The highest BCUT2D eigenvalue weighted by atomic mass is 19.1. The van der Waals surface area contributed by atoms with Crippen molar-refractivity contribution in [3.63, 3.8) is 0 Å². The lowest BCUT2D eigenvalue weighted by molar-refractivity contribution is 0.0474. The highest BCUT2D eigenvalue weighted by Gasteiger charge is 2.12. The number of benzene rings is 3. The third-order valence-corrected chi connectivity index (χ3v) is 3.84. The summed E-state index contributed by atoms with van der Waals surface area (Å²) in [6.45, 7) is -0.0221. The van der Waals surface area contributed by atoms with Crippen molar-refractivity contribution in [1.29, 1.82) is 0 Å². The van der Waals surface area contributed by atoms with E-state index in [1.54, 1.807) is 24.3 Å². The van der Waals surface area contributed by atoms with Gasteiger partial charge in [-0.05, 0) is 54.1 Å². The standard InChI is InChI=1S/C22H17FO4/c23-19-12-10-17(11-13-19)21(24)15-27-22(25)18-8-6-16(7-9-18)14-26-20-4-2-1-3-5-20/h1-13H,14-15H2. The quantitative estimate of drug-likeness (QED) is 0.459. The summed E-state index contributed by atoms with van der Waals surface area (Å²) in [5.41, 5.74) is 1.53. The number of hydrogen-bond donors (Lipinski definition) is 0. The van der Waals surface area contributed by atoms with Gasteiger partial charge in [-0.25, -0.2) is 9.18 Å². The molecule has 3 aromatic rings. The molecule has 0 saturated carbocycles. The van der Waals surface area contributed by atoms with Crippen LogP contribution in [0.15, 0.2) is 78.9 Å². The van der Waals surface area contributed by atoms with E-state index in [-0.39, 0.29) is 5.56 Å². The van der Waals surface area contributed by atoms with Crippen molar-refractivity contribution in [2.24, 2.45) is 0 Å². The summed E-state index contributed by atoms with van der Waals surface area (Å²) in [5.74, 6) is -0.655. The van der Waals surface area contributed by atoms with E-state index >= 15 is 0 Å². The van der Waals surface area contributed by atoms with Crippen molar-refractivity contribution in [1.82, 2.24) is 0 Å². The molecule has 136 valence electrons. The number of Topliss-reactive ketones (excluding diaryl/α,β-unsaturated/α-hetero) is 1. The van der Waals surface area contributed by atoms with Crippen LogP contribution >= 0.6 is 0 Å². The molecule has 5 heteroatoms. The van der Waals surface area contributed by atoms with Gasteiger partial charge < -0.3 is 9.47 Å². The summed E-state index contributed by atoms with van der Waals surface area (Å²) in [7, 11) is 0. The van der Waals surface area contributed by atoms with E-state index in [0.29, 0.717) is 12.2 Å². The third-order valence-electron chi connectivity index (χ3n) is 3.84. The summed E-state index contributed by atoms with van der Waals surface area (Å²) >= 11 is 0. The molecule has 0 saturated heterocycles. The second kappa shape index (κ2) is 8.76. The van der Waals surface area contributed by atoms with Crippen molar-refractivity contribution >= 4 is 11.8 Å². The van der Waals surface area contributed by atoms with Gasteiger partial charge >= 0.3 is 5.97 Å². The average molecular weight is 364 g/mol. The Kier molecular flexibility index (Phi) is 5.94. The van der Waals surface area contributed by atoms with E-state index in [2.05, 4.69) is 0 Å². The molecule has 0 unspecified atom stereocenters. The number of ether oxygens (including phenoxy) is 2. The molecule has 0 bridgehead atoms. The van der Waals surface area contributed by atoms with Crippen LogP contribution < -0.4 is 4.74 Å². The number of carbonyl (C=O) groups excluding carboxylic acids is 2. The fourth-order valence-electron chi connectivity index (χ4n) is 2.35. The first kappa shape index (κ1) is 18.3. The molecule has 0 aliphatic heterocycles. The maximum atomic E-state index is 12.9. The van der Waals surface area contributed by atoms with Gasteiger partial charge in [0.15, 0.2) is 12.4 Å². The number of para-hydroxylation sites is 1. The molecule has 0 aromatic heterocycles. The zero-order valence-corrected chi connectivity index (χ0v) is 14.4. The van der Waals surface area contributed by atoms with Gasteiger partial charge in [-0.15, -0.1) is 0 Å². The van der Waals surface area contributed by atoms with Crippen LogP contribution in [0, 0.1) is 5.82 Å². The van der Waals surface area contributed by atoms with E-state index in [1.165, 1.54) is 24.3 Å². The Morgan fingerprint density at radius 2 is 1.41 bits per heavy atom. The molecule has 0 N–H and O–H groups in total. The van der Waals surface area contributed by atoms with Crippen LogP contribution in [0.1, 0.15) is 26.3 Å². The molecular weight excluding hydrogens is 347 g/mol. The molecule has 0 aliphatic carbocycles. The molecule has 0 amide bonds. The van der Waals surface area contributed by atoms with Crippen LogP contribution in [-0.2, 0) is 11.3 Å². The van der Waals surface area contributed by atoms with Gasteiger partial charge in [0.2, 0.25) is 0 Å². The Labute approximate surface area is 156 Å². The first-order valence-corrected chi connectivity index (χ1v) is 8.34. The average Bonchev–Trinajstić information content (AvgIpc) is 2.72. The molecule has 3 rings (SSSR count). The van der Waals surface area contributed by atoms with Crippen LogP contribution in [-0.4, -0.2) is 18.4 Å². The summed E-state index contributed by atoms with van der Waals surface area (Å²) in [4.78, 5) is 24.0. The molecule has 3 aromatic carbocycles. The van der Waals surface area contributed by atoms with E-state index in [4.69, 9.17) is 9.47 Å². The summed E-state index contributed by atoms with van der Waals surface area (Å²) in [6, 6.07) is 21.3. The second-order valence-electron chi connectivity index (χ2n) is 5.80. The number of hydrogen-bond acceptors (Lipinski definition) is 4. The van der Waals surface area contributed by atoms with Crippen LogP contribution in [0.5, 0.6) is 5.75 Å². The van der Waals surface area contributed by atoms with Crippen LogP contribution in [0.25, 0.3) is 0 Å². The Morgan fingerprint density at radius 1 is 0.778 bits per heavy atom. The normalized spacial score (nSPS) is 10.3. The summed E-state index contributed by atoms with van der Waals surface area (Å²) in [6.07, 6.45) is 0. The number of ketones is 1. The number of esters is 1. The highest BCUT2D eigenvalue weighted by molar-refractivity contribution is 5.99. The van der Waals surface area contributed by atoms with Crippen molar-refractivity contribution in [2.45, 2.75) is 6.61 Å². The fraction of sp³-hybridized carbons (Fsp3) is 0.0909. The molecule has 0 spiro atoms. The van der Waals surface area contributed by atoms with Gasteiger partial charge in [0, 0.05) is 5.56 Å². The first-order chi connectivity index (χ1) is 13.1. The number of carbonyl (C=O) groups is 2. The Morgan fingerprint density at radius 3 is 2.07 bits per heavy atom. The molecule has 0 aliphatic rings. The van der Waals surface area contributed by atoms with Gasteiger partial charge in [0.05, 0.1) is 5.56 Å². The predicted molar refractivity (Wildman–Crippen MR) is 98.2 cm³/mol. The monoisotopic (exact) mass is 364 g/mol. The SMILES string of the molecule is O=C(COC(=O)c1ccc(COc2ccccc2)cc1)c1ccc(F)cc1. The molecule has 4 nitrogen and oxygen atoms in total. The summed E-state index contributed by atoms with van der Waals surface area (Å²) < 4.78 is 23.5. The Hall–Kier alpha value is -3.47. The molecule has 0 radical (unpaired) electrons. The summed E-state index contributed by atoms with van der Waals surface area (Å²) in [5, 5.41) is 0. The van der Waals surface area contributed by atoms with Crippen molar-refractivity contribution in [3.05, 3.63) is 101 Å². The minimum atomic E-state index is -0.596. The topological polar surface area (TPSA) is 52.6 Å². The minimum absolute atomic E-state index is 0.289. The number of rotatable bonds is 7. The van der Waals surface area contributed by atoms with Crippen LogP contribution in [0.3, 0.4) is 0 Å². The molecule has 27 heavy (non-hydrogen) atoms. The maximum absolute atomic E-state index is 12.9. The van der Waals surface area contributed by atoms with Crippen molar-refractivity contribution in [3.8, 4) is 5.75 Å². The number of halogens is 1. The van der Waals surface area contributed by atoms with Gasteiger partial charge in [0.25, 0.3) is 0 Å². The first-order valence-electron chi connectivity index (χ1n) is 8.34. The second-order valence-corrected chi connectivity index (χ2v) is 5.80. The third kappa shape index (κ3) is 5.25. The van der Waals surface area contributed by atoms with E-state index in [9.17, 15) is 14.0 Å². The molecular formula is C22H17FO4. The van der Waals surface area contributed by atoms with E-state index in [1.807, 2.05) is 30.3 Å². The molecule has 0 atom stereocenters. The largest absolute Gasteiger partial charge is 0.489 e. The minimum Gasteiger partial charge on any atom is -0.489 e. The lowest BCUT2D eigenvalue weighted by Crippen LogP contribution is -2.14. The van der Waals surface area contributed by atoms with Crippen LogP contribution in [0.4, 0.5) is 4.39 Å². The predicted octanol–water partition coefficient (Wildman–Crippen LogP) is 4.44. The van der Waals surface area contributed by atoms with Gasteiger partial charge in [-0.3, -0.25) is 4.79 Å². The zero-order chi connectivity index (χ0) is 19.1. The molecule has 0 heterocycles. The molecule has 0 fully saturated rings. The fourth-order valence-corrected chi connectivity index (χ4v) is 2.35. The van der Waals surface area contributed by atoms with Gasteiger partial charge in [-0.2, -0.15) is 0 Å². The Bertz CT molecular complexity index is 903. The Balaban J connectivity index is 1.51. The highest BCUT2D eigenvalue weighted by Crippen LogP contribution is 2.13. The van der Waals surface area contributed by atoms with Crippen molar-refractivity contribution < 1.29 is 23.5 Å².